The van der Waals surface area contributed by atoms with Gasteiger partial charge >= 0.3 is 0 Å². The number of rotatable bonds is 6. The number of amides is 1. The molecule has 1 atom stereocenters. The number of hydrogen-bond donors (Lipinski definition) is 3. The van der Waals surface area contributed by atoms with Gasteiger partial charge in [-0.1, -0.05) is 41.1 Å². The van der Waals surface area contributed by atoms with Crippen molar-refractivity contribution in [3.63, 3.8) is 0 Å². The molecule has 0 aliphatic rings. The first-order chi connectivity index (χ1) is 12.5. The second kappa shape index (κ2) is 7.77. The van der Waals surface area contributed by atoms with Gasteiger partial charge in [0.1, 0.15) is 16.9 Å². The van der Waals surface area contributed by atoms with Gasteiger partial charge in [0, 0.05) is 23.3 Å². The highest BCUT2D eigenvalue weighted by atomic mass is 35.5. The van der Waals surface area contributed by atoms with Crippen molar-refractivity contribution in [2.24, 2.45) is 0 Å². The van der Waals surface area contributed by atoms with Crippen LogP contribution in [0.3, 0.4) is 0 Å². The number of halogens is 1. The molecule has 7 nitrogen and oxygen atoms in total. The summed E-state index contributed by atoms with van der Waals surface area (Å²) in [6.07, 6.45) is 1.45. The van der Waals surface area contributed by atoms with Crippen LogP contribution in [-0.4, -0.2) is 32.7 Å². The van der Waals surface area contributed by atoms with Crippen LogP contribution in [0, 0.1) is 0 Å². The van der Waals surface area contributed by atoms with Gasteiger partial charge < -0.3 is 10.4 Å². The number of nitrogens with zero attached hydrogens (tertiary/aromatic N) is 3. The Morgan fingerprint density at radius 1 is 1.31 bits per heavy atom. The highest BCUT2D eigenvalue weighted by Gasteiger charge is 2.25. The van der Waals surface area contributed by atoms with E-state index in [1.165, 1.54) is 23.0 Å². The van der Waals surface area contributed by atoms with Crippen molar-refractivity contribution in [1.82, 2.24) is 15.2 Å². The van der Waals surface area contributed by atoms with Crippen molar-refractivity contribution < 1.29 is 9.90 Å². The minimum absolute atomic E-state index is 0.208. The number of pyridine rings is 1. The lowest BCUT2D eigenvalue weighted by Gasteiger charge is -2.25. The Bertz CT molecular complexity index is 884. The maximum atomic E-state index is 12.1. The van der Waals surface area contributed by atoms with Crippen LogP contribution >= 0.6 is 22.9 Å². The molecule has 1 amide bonds. The molecule has 2 aromatic heterocycles. The first kappa shape index (κ1) is 18.2. The van der Waals surface area contributed by atoms with Gasteiger partial charge in [-0.2, -0.15) is 0 Å². The minimum atomic E-state index is -1.17. The van der Waals surface area contributed by atoms with E-state index in [0.29, 0.717) is 27.1 Å². The lowest BCUT2D eigenvalue weighted by molar-refractivity contribution is 0.0715. The van der Waals surface area contributed by atoms with E-state index in [1.807, 2.05) is 12.1 Å². The van der Waals surface area contributed by atoms with Crippen molar-refractivity contribution in [3.8, 4) is 0 Å². The predicted octanol–water partition coefficient (Wildman–Crippen LogP) is 3.16. The van der Waals surface area contributed by atoms with E-state index in [9.17, 15) is 9.90 Å². The van der Waals surface area contributed by atoms with Gasteiger partial charge in [0.2, 0.25) is 5.13 Å². The second-order valence-electron chi connectivity index (χ2n) is 5.74. The average Bonchev–Trinajstić information content (AvgIpc) is 3.14. The van der Waals surface area contributed by atoms with Crippen LogP contribution in [0.15, 0.2) is 48.1 Å². The molecule has 0 saturated carbocycles. The first-order valence-corrected chi connectivity index (χ1v) is 8.96. The second-order valence-corrected chi connectivity index (χ2v) is 6.98. The molecule has 26 heavy (non-hydrogen) atoms. The molecule has 0 radical (unpaired) electrons. The molecule has 0 saturated heterocycles. The molecule has 0 aliphatic heterocycles. The molecule has 1 aromatic carbocycles. The van der Waals surface area contributed by atoms with Gasteiger partial charge in [-0.15, -0.1) is 10.2 Å². The summed E-state index contributed by atoms with van der Waals surface area (Å²) in [4.78, 5) is 16.3. The molecule has 1 unspecified atom stereocenters. The first-order valence-electron chi connectivity index (χ1n) is 7.70. The molecule has 3 aromatic rings. The van der Waals surface area contributed by atoms with E-state index in [1.54, 1.807) is 31.2 Å². The summed E-state index contributed by atoms with van der Waals surface area (Å²) in [7, 11) is 0. The Balaban J connectivity index is 1.62. The molecule has 9 heteroatoms. The number of anilines is 2. The van der Waals surface area contributed by atoms with Crippen LogP contribution in [0.4, 0.5) is 10.9 Å². The third-order valence-corrected chi connectivity index (χ3v) is 4.61. The van der Waals surface area contributed by atoms with E-state index in [-0.39, 0.29) is 12.5 Å². The van der Waals surface area contributed by atoms with Crippen LogP contribution in [-0.2, 0) is 5.60 Å². The Morgan fingerprint density at radius 3 is 2.77 bits per heavy atom. The molecule has 2 heterocycles. The maximum Gasteiger partial charge on any atom is 0.259 e. The molecular weight excluding hydrogens is 374 g/mol. The molecular formula is C17H16ClN5O2S. The van der Waals surface area contributed by atoms with E-state index in [4.69, 9.17) is 11.6 Å². The zero-order valence-electron chi connectivity index (χ0n) is 13.8. The van der Waals surface area contributed by atoms with Crippen molar-refractivity contribution in [2.75, 3.05) is 17.2 Å². The Labute approximate surface area is 159 Å². The highest BCUT2D eigenvalue weighted by Crippen LogP contribution is 2.28. The third-order valence-electron chi connectivity index (χ3n) is 3.67. The molecule has 0 bridgehead atoms. The summed E-state index contributed by atoms with van der Waals surface area (Å²) in [5, 5.41) is 24.7. The zero-order chi connectivity index (χ0) is 18.6. The van der Waals surface area contributed by atoms with Gasteiger partial charge in [0.05, 0.1) is 5.56 Å². The van der Waals surface area contributed by atoms with Crippen LogP contribution in [0.2, 0.25) is 5.02 Å². The quantitative estimate of drug-likeness (QED) is 0.598. The predicted molar refractivity (Wildman–Crippen MR) is 102 cm³/mol. The standard InChI is InChI=1S/C17H16ClN5O2S/c1-17(25,12-4-2-3-5-13(12)18)9-20-14-7-6-11(8-19-14)15(24)22-16-23-21-10-26-16/h2-8,10,25H,9H2,1H3,(H,19,20)(H,22,23,24). The average molecular weight is 390 g/mol. The van der Waals surface area contributed by atoms with Crippen molar-refractivity contribution in [1.29, 1.82) is 0 Å². The van der Waals surface area contributed by atoms with E-state index < -0.39 is 5.60 Å². The normalized spacial score (nSPS) is 13.0. The van der Waals surface area contributed by atoms with E-state index in [0.717, 1.165) is 0 Å². The third kappa shape index (κ3) is 4.34. The number of aliphatic hydroxyl groups is 1. The number of carbonyl (C=O) groups excluding carboxylic acids is 1. The molecule has 0 aliphatic carbocycles. The summed E-state index contributed by atoms with van der Waals surface area (Å²) < 4.78 is 0. The van der Waals surface area contributed by atoms with Gasteiger partial charge in [0.25, 0.3) is 5.91 Å². The van der Waals surface area contributed by atoms with Gasteiger partial charge in [0.15, 0.2) is 0 Å². The Morgan fingerprint density at radius 2 is 2.12 bits per heavy atom. The summed E-state index contributed by atoms with van der Waals surface area (Å²) in [5.74, 6) is 0.216. The van der Waals surface area contributed by atoms with Crippen LogP contribution in [0.5, 0.6) is 0 Å². The fourth-order valence-corrected chi connectivity index (χ4v) is 3.06. The molecule has 134 valence electrons. The van der Waals surface area contributed by atoms with Gasteiger partial charge in [-0.3, -0.25) is 10.1 Å². The molecule has 0 fully saturated rings. The van der Waals surface area contributed by atoms with E-state index in [2.05, 4.69) is 25.8 Å². The highest BCUT2D eigenvalue weighted by molar-refractivity contribution is 7.13. The monoisotopic (exact) mass is 389 g/mol. The summed E-state index contributed by atoms with van der Waals surface area (Å²) in [5.41, 5.74) is 1.38. The van der Waals surface area contributed by atoms with Crippen LogP contribution < -0.4 is 10.6 Å². The lowest BCUT2D eigenvalue weighted by Crippen LogP contribution is -2.31. The number of hydrogen-bond acceptors (Lipinski definition) is 7. The summed E-state index contributed by atoms with van der Waals surface area (Å²) in [6.45, 7) is 1.88. The van der Waals surface area contributed by atoms with Crippen molar-refractivity contribution >= 4 is 39.8 Å². The molecule has 3 N–H and O–H groups in total. The smallest absolute Gasteiger partial charge is 0.259 e. The fourth-order valence-electron chi connectivity index (χ4n) is 2.29. The summed E-state index contributed by atoms with van der Waals surface area (Å²) >= 11 is 7.38. The SMILES string of the molecule is CC(O)(CNc1ccc(C(=O)Nc2nncs2)cn1)c1ccccc1Cl. The maximum absolute atomic E-state index is 12.1. The van der Waals surface area contributed by atoms with Crippen LogP contribution in [0.1, 0.15) is 22.8 Å². The molecule has 3 rings (SSSR count). The number of benzene rings is 1. The number of carbonyl (C=O) groups is 1. The minimum Gasteiger partial charge on any atom is -0.384 e. The van der Waals surface area contributed by atoms with Gasteiger partial charge in [-0.25, -0.2) is 4.98 Å². The largest absolute Gasteiger partial charge is 0.384 e. The number of nitrogens with one attached hydrogen (secondary N) is 2. The molecule has 0 spiro atoms. The lowest BCUT2D eigenvalue weighted by atomic mass is 9.96. The zero-order valence-corrected chi connectivity index (χ0v) is 15.4. The van der Waals surface area contributed by atoms with Crippen molar-refractivity contribution in [3.05, 3.63) is 64.3 Å². The summed E-state index contributed by atoms with van der Waals surface area (Å²) in [6, 6.07) is 10.4. The Hall–Kier alpha value is -2.55. The van der Waals surface area contributed by atoms with Crippen LogP contribution in [0.25, 0.3) is 0 Å². The van der Waals surface area contributed by atoms with Gasteiger partial charge in [-0.05, 0) is 25.1 Å². The fraction of sp³-hybridized carbons (Fsp3) is 0.176. The van der Waals surface area contributed by atoms with E-state index >= 15 is 0 Å². The topological polar surface area (TPSA) is 100 Å². The number of aromatic nitrogens is 3. The Kier molecular flexibility index (Phi) is 5.46. The van der Waals surface area contributed by atoms with Crippen molar-refractivity contribution in [2.45, 2.75) is 12.5 Å².